The summed E-state index contributed by atoms with van der Waals surface area (Å²) in [5.74, 6) is -0.402. The van der Waals surface area contributed by atoms with Gasteiger partial charge < -0.3 is 0 Å². The number of aromatic nitrogens is 2. The maximum Gasteiger partial charge on any atom is 0.251 e. The minimum Gasteiger partial charge on any atom is -0.273 e. The monoisotopic (exact) mass is 294 g/mol. The number of nitrogens with one attached hydrogen (secondary N) is 1. The summed E-state index contributed by atoms with van der Waals surface area (Å²) < 4.78 is 0. The smallest absolute Gasteiger partial charge is 0.251 e. The summed E-state index contributed by atoms with van der Waals surface area (Å²) in [5, 5.41) is 2.02. The summed E-state index contributed by atoms with van der Waals surface area (Å²) in [6.07, 6.45) is 6.54. The summed E-state index contributed by atoms with van der Waals surface area (Å²) in [6.45, 7) is 0. The highest BCUT2D eigenvalue weighted by Gasteiger charge is 2.43. The number of allylic oxidation sites excluding steroid dienone is 2. The lowest BCUT2D eigenvalue weighted by Crippen LogP contribution is -2.59. The maximum absolute atomic E-state index is 12.8. The third-order valence-electron chi connectivity index (χ3n) is 4.26. The molecule has 1 aromatic heterocycles. The van der Waals surface area contributed by atoms with Gasteiger partial charge in [-0.2, -0.15) is 0 Å². The first-order valence-corrected chi connectivity index (χ1v) is 7.25. The van der Waals surface area contributed by atoms with E-state index in [1.165, 1.54) is 11.3 Å². The Labute approximate surface area is 126 Å². The van der Waals surface area contributed by atoms with Crippen LogP contribution in [0.25, 0.3) is 10.9 Å². The Balaban J connectivity index is 1.80. The minimum absolute atomic E-state index is 0.113. The van der Waals surface area contributed by atoms with E-state index in [0.29, 0.717) is 18.7 Å². The van der Waals surface area contributed by atoms with Crippen molar-refractivity contribution in [2.45, 2.75) is 12.8 Å². The number of carbonyl (C=O) groups excluding carboxylic acids is 2. The van der Waals surface area contributed by atoms with Crippen LogP contribution < -0.4 is 10.4 Å². The van der Waals surface area contributed by atoms with E-state index < -0.39 is 0 Å². The average molecular weight is 294 g/mol. The molecule has 0 bridgehead atoms. The molecule has 110 valence electrons. The molecule has 1 saturated heterocycles. The predicted octanol–water partition coefficient (Wildman–Crippen LogP) is 1.59. The quantitative estimate of drug-likeness (QED) is 0.810. The van der Waals surface area contributed by atoms with Crippen molar-refractivity contribution in [2.75, 3.05) is 5.01 Å². The average Bonchev–Trinajstić information content (AvgIpc) is 2.58. The highest BCUT2D eigenvalue weighted by molar-refractivity contribution is 6.07. The third kappa shape index (κ3) is 1.88. The zero-order chi connectivity index (χ0) is 15.1. The summed E-state index contributed by atoms with van der Waals surface area (Å²) in [7, 11) is 0. The number of amides is 2. The van der Waals surface area contributed by atoms with Gasteiger partial charge in [0.25, 0.3) is 5.91 Å². The third-order valence-corrected chi connectivity index (χ3v) is 4.26. The normalized spacial score (nSPS) is 24.3. The van der Waals surface area contributed by atoms with Crippen molar-refractivity contribution in [1.82, 2.24) is 15.4 Å². The second-order valence-corrected chi connectivity index (χ2v) is 5.52. The first-order valence-electron chi connectivity index (χ1n) is 7.25. The van der Waals surface area contributed by atoms with Gasteiger partial charge in [0.15, 0.2) is 5.82 Å². The Hall–Kier alpha value is -2.76. The molecule has 6 nitrogen and oxygen atoms in total. The Kier molecular flexibility index (Phi) is 2.89. The summed E-state index contributed by atoms with van der Waals surface area (Å²) in [4.78, 5) is 33.5. The lowest BCUT2D eigenvalue weighted by Gasteiger charge is -2.37. The van der Waals surface area contributed by atoms with Gasteiger partial charge in [-0.3, -0.25) is 15.0 Å². The zero-order valence-corrected chi connectivity index (χ0v) is 11.8. The number of fused-ring (bicyclic) bond motifs is 2. The SMILES string of the molecule is O=C1NN(c2ncnc3ccccc23)C(=O)[C@H]2CC=CC[C@H]12. The number of para-hydroxylation sites is 1. The highest BCUT2D eigenvalue weighted by Crippen LogP contribution is 2.33. The minimum atomic E-state index is -0.313. The molecule has 0 spiro atoms. The number of benzene rings is 1. The van der Waals surface area contributed by atoms with E-state index in [0.717, 1.165) is 10.9 Å². The van der Waals surface area contributed by atoms with Crippen molar-refractivity contribution in [2.24, 2.45) is 11.8 Å². The van der Waals surface area contributed by atoms with E-state index in [4.69, 9.17) is 0 Å². The van der Waals surface area contributed by atoms with Crippen molar-refractivity contribution in [3.63, 3.8) is 0 Å². The van der Waals surface area contributed by atoms with Crippen molar-refractivity contribution in [3.8, 4) is 0 Å². The van der Waals surface area contributed by atoms with E-state index in [1.807, 2.05) is 36.4 Å². The molecule has 2 amide bonds. The molecule has 6 heteroatoms. The zero-order valence-electron chi connectivity index (χ0n) is 11.8. The van der Waals surface area contributed by atoms with E-state index in [2.05, 4.69) is 15.4 Å². The van der Waals surface area contributed by atoms with Gasteiger partial charge >= 0.3 is 0 Å². The topological polar surface area (TPSA) is 75.2 Å². The summed E-state index contributed by atoms with van der Waals surface area (Å²) >= 11 is 0. The maximum atomic E-state index is 12.8. The van der Waals surface area contributed by atoms with E-state index in [9.17, 15) is 9.59 Å². The molecule has 2 heterocycles. The standard InChI is InChI=1S/C16H14N4O2/c21-15-10-5-1-2-6-11(10)16(22)20(19-15)14-12-7-3-4-8-13(12)17-9-18-14/h1-4,7-11H,5-6H2,(H,19,21)/t10-,11-/m0/s1. The number of hydrazine groups is 1. The summed E-state index contributed by atoms with van der Waals surface area (Å²) in [6, 6.07) is 7.43. The van der Waals surface area contributed by atoms with Gasteiger partial charge in [-0.15, -0.1) is 0 Å². The fraction of sp³-hybridized carbons (Fsp3) is 0.250. The van der Waals surface area contributed by atoms with Gasteiger partial charge in [-0.05, 0) is 25.0 Å². The van der Waals surface area contributed by atoms with Crippen LogP contribution in [0.3, 0.4) is 0 Å². The van der Waals surface area contributed by atoms with E-state index >= 15 is 0 Å². The van der Waals surface area contributed by atoms with Crippen LogP contribution >= 0.6 is 0 Å². The van der Waals surface area contributed by atoms with Crippen LogP contribution in [0, 0.1) is 11.8 Å². The molecular formula is C16H14N4O2. The van der Waals surface area contributed by atoms with Crippen LogP contribution in [-0.2, 0) is 9.59 Å². The number of nitrogens with zero attached hydrogens (tertiary/aromatic N) is 3. The molecular weight excluding hydrogens is 280 g/mol. The fourth-order valence-corrected chi connectivity index (χ4v) is 3.12. The fourth-order valence-electron chi connectivity index (χ4n) is 3.12. The van der Waals surface area contributed by atoms with Crippen LogP contribution in [0.2, 0.25) is 0 Å². The molecule has 1 aliphatic carbocycles. The van der Waals surface area contributed by atoms with E-state index in [-0.39, 0.29) is 23.7 Å². The van der Waals surface area contributed by atoms with Gasteiger partial charge in [0.1, 0.15) is 6.33 Å². The number of carbonyl (C=O) groups is 2. The lowest BCUT2D eigenvalue weighted by molar-refractivity contribution is -0.140. The molecule has 0 unspecified atom stereocenters. The highest BCUT2D eigenvalue weighted by atomic mass is 16.2. The molecule has 1 aromatic carbocycles. The molecule has 2 atom stereocenters. The molecule has 1 N–H and O–H groups in total. The molecule has 1 fully saturated rings. The van der Waals surface area contributed by atoms with Crippen molar-refractivity contribution < 1.29 is 9.59 Å². The summed E-state index contributed by atoms with van der Waals surface area (Å²) in [5.41, 5.74) is 3.43. The number of hydrogen-bond donors (Lipinski definition) is 1. The van der Waals surface area contributed by atoms with Crippen molar-refractivity contribution in [3.05, 3.63) is 42.7 Å². The predicted molar refractivity (Wildman–Crippen MR) is 80.5 cm³/mol. The van der Waals surface area contributed by atoms with Gasteiger partial charge in [0, 0.05) is 5.39 Å². The van der Waals surface area contributed by atoms with Gasteiger partial charge in [0.2, 0.25) is 5.91 Å². The Morgan fingerprint density at radius 1 is 1.05 bits per heavy atom. The van der Waals surface area contributed by atoms with E-state index in [1.54, 1.807) is 0 Å². The first-order chi connectivity index (χ1) is 10.8. The lowest BCUT2D eigenvalue weighted by atomic mass is 9.80. The molecule has 1 aliphatic heterocycles. The van der Waals surface area contributed by atoms with Crippen LogP contribution in [0.4, 0.5) is 5.82 Å². The van der Waals surface area contributed by atoms with Crippen LogP contribution in [0.15, 0.2) is 42.7 Å². The van der Waals surface area contributed by atoms with Crippen molar-refractivity contribution in [1.29, 1.82) is 0 Å². The van der Waals surface area contributed by atoms with Crippen LogP contribution in [0.1, 0.15) is 12.8 Å². The van der Waals surface area contributed by atoms with Gasteiger partial charge in [0.05, 0.1) is 17.4 Å². The first kappa shape index (κ1) is 12.9. The molecule has 0 saturated carbocycles. The van der Waals surface area contributed by atoms with Crippen LogP contribution in [-0.4, -0.2) is 21.8 Å². The molecule has 2 aliphatic rings. The Bertz CT molecular complexity index is 796. The molecule has 22 heavy (non-hydrogen) atoms. The largest absolute Gasteiger partial charge is 0.273 e. The second-order valence-electron chi connectivity index (χ2n) is 5.52. The number of rotatable bonds is 1. The second kappa shape index (κ2) is 4.91. The number of anilines is 1. The number of hydrogen-bond acceptors (Lipinski definition) is 4. The Morgan fingerprint density at radius 3 is 2.68 bits per heavy atom. The Morgan fingerprint density at radius 2 is 1.82 bits per heavy atom. The van der Waals surface area contributed by atoms with Gasteiger partial charge in [-0.25, -0.2) is 15.0 Å². The molecule has 4 rings (SSSR count). The van der Waals surface area contributed by atoms with Crippen molar-refractivity contribution >= 4 is 28.5 Å². The van der Waals surface area contributed by atoms with Crippen LogP contribution in [0.5, 0.6) is 0 Å². The van der Waals surface area contributed by atoms with Gasteiger partial charge in [-0.1, -0.05) is 24.3 Å². The molecule has 0 radical (unpaired) electrons. The molecule has 2 aromatic rings.